The number of phenolic OH excluding ortho intramolecular Hbond substituents is 1. The minimum absolute atomic E-state index is 0.00362. The van der Waals surface area contributed by atoms with Crippen molar-refractivity contribution in [1.82, 2.24) is 5.32 Å². The summed E-state index contributed by atoms with van der Waals surface area (Å²) >= 11 is 0. The fraction of sp³-hybridized carbons (Fsp3) is 0.429. The molecule has 1 rings (SSSR count). The van der Waals surface area contributed by atoms with E-state index < -0.39 is 17.9 Å². The number of carboxylic acid groups (broad SMARTS) is 1. The molecule has 0 radical (unpaired) electrons. The highest BCUT2D eigenvalue weighted by Crippen LogP contribution is 2.19. The molecular formula is C14H19NO5. The topological polar surface area (TPSA) is 95.9 Å². The van der Waals surface area contributed by atoms with Crippen LogP contribution in [0, 0.1) is 6.92 Å². The first kappa shape index (κ1) is 16.0. The van der Waals surface area contributed by atoms with Crippen LogP contribution >= 0.6 is 0 Å². The predicted octanol–water partition coefficient (Wildman–Crippen LogP) is 1.31. The monoisotopic (exact) mass is 281 g/mol. The molecule has 0 heterocycles. The molecule has 0 aliphatic heterocycles. The van der Waals surface area contributed by atoms with Crippen LogP contribution < -0.4 is 5.32 Å². The molecule has 3 N–H and O–H groups in total. The molecule has 1 aromatic rings. The van der Waals surface area contributed by atoms with Crippen molar-refractivity contribution in [3.8, 4) is 5.75 Å². The molecule has 20 heavy (non-hydrogen) atoms. The molecular weight excluding hydrogens is 262 g/mol. The molecule has 0 aliphatic rings. The summed E-state index contributed by atoms with van der Waals surface area (Å²) in [6.07, 6.45) is 0.819. The standard InChI is InChI=1S/C14H19NO5/c1-9-10(5-3-7-12(9)16)13(17)15-11(14(18)19)6-4-8-20-2/h3,5,7,11,16H,4,6,8H2,1-2H3,(H,15,17)(H,18,19). The number of nitrogens with one attached hydrogen (secondary N) is 1. The van der Waals surface area contributed by atoms with Gasteiger partial charge in [-0.1, -0.05) is 6.07 Å². The number of hydrogen-bond acceptors (Lipinski definition) is 4. The van der Waals surface area contributed by atoms with Gasteiger partial charge in [-0.2, -0.15) is 0 Å². The van der Waals surface area contributed by atoms with E-state index in [0.717, 1.165) is 0 Å². The van der Waals surface area contributed by atoms with Crippen LogP contribution in [-0.4, -0.2) is 41.8 Å². The molecule has 0 aliphatic carbocycles. The number of rotatable bonds is 7. The quantitative estimate of drug-likeness (QED) is 0.655. The van der Waals surface area contributed by atoms with Gasteiger partial charge in [0.1, 0.15) is 11.8 Å². The van der Waals surface area contributed by atoms with Gasteiger partial charge in [0.05, 0.1) is 0 Å². The van der Waals surface area contributed by atoms with Crippen molar-refractivity contribution in [3.63, 3.8) is 0 Å². The number of carboxylic acids is 1. The Morgan fingerprint density at radius 3 is 2.70 bits per heavy atom. The van der Waals surface area contributed by atoms with E-state index in [1.165, 1.54) is 19.2 Å². The first-order valence-corrected chi connectivity index (χ1v) is 6.28. The van der Waals surface area contributed by atoms with Crippen molar-refractivity contribution in [3.05, 3.63) is 29.3 Å². The largest absolute Gasteiger partial charge is 0.508 e. The molecule has 1 atom stereocenters. The molecule has 1 aromatic carbocycles. The zero-order chi connectivity index (χ0) is 15.1. The molecule has 0 saturated carbocycles. The lowest BCUT2D eigenvalue weighted by Crippen LogP contribution is -2.41. The Kier molecular flexibility index (Phi) is 5.99. The summed E-state index contributed by atoms with van der Waals surface area (Å²) in [5.41, 5.74) is 0.689. The maximum Gasteiger partial charge on any atom is 0.326 e. The Morgan fingerprint density at radius 1 is 1.40 bits per heavy atom. The molecule has 0 fully saturated rings. The fourth-order valence-electron chi connectivity index (χ4n) is 1.79. The average molecular weight is 281 g/mol. The normalized spacial score (nSPS) is 11.9. The van der Waals surface area contributed by atoms with E-state index in [4.69, 9.17) is 9.84 Å². The Bertz CT molecular complexity index is 486. The highest BCUT2D eigenvalue weighted by atomic mass is 16.5. The van der Waals surface area contributed by atoms with E-state index in [1.54, 1.807) is 13.0 Å². The number of phenols is 1. The van der Waals surface area contributed by atoms with E-state index in [1.807, 2.05) is 0 Å². The number of carbonyl (C=O) groups is 2. The second kappa shape index (κ2) is 7.49. The van der Waals surface area contributed by atoms with Crippen LogP contribution in [0.1, 0.15) is 28.8 Å². The summed E-state index contributed by atoms with van der Waals surface area (Å²) in [4.78, 5) is 23.2. The summed E-state index contributed by atoms with van der Waals surface area (Å²) in [5, 5.41) is 21.1. The van der Waals surface area contributed by atoms with Crippen LogP contribution in [0.25, 0.3) is 0 Å². The summed E-state index contributed by atoms with van der Waals surface area (Å²) in [5.74, 6) is -1.60. The number of methoxy groups -OCH3 is 1. The number of amides is 1. The van der Waals surface area contributed by atoms with E-state index in [-0.39, 0.29) is 17.7 Å². The average Bonchev–Trinajstić information content (AvgIpc) is 2.40. The Labute approximate surface area is 117 Å². The molecule has 1 amide bonds. The van der Waals surface area contributed by atoms with Crippen LogP contribution in [0.2, 0.25) is 0 Å². The minimum atomic E-state index is -1.09. The second-order valence-corrected chi connectivity index (χ2v) is 4.45. The minimum Gasteiger partial charge on any atom is -0.508 e. The van der Waals surface area contributed by atoms with Crippen LogP contribution in [0.5, 0.6) is 5.75 Å². The highest BCUT2D eigenvalue weighted by molar-refractivity contribution is 5.98. The molecule has 0 spiro atoms. The molecule has 0 saturated heterocycles. The maximum absolute atomic E-state index is 12.0. The first-order valence-electron chi connectivity index (χ1n) is 6.28. The van der Waals surface area contributed by atoms with Crippen molar-refractivity contribution < 1.29 is 24.5 Å². The van der Waals surface area contributed by atoms with Crippen LogP contribution in [0.4, 0.5) is 0 Å². The molecule has 6 heteroatoms. The number of ether oxygens (including phenoxy) is 1. The van der Waals surface area contributed by atoms with Gasteiger partial charge in [0.2, 0.25) is 0 Å². The number of carbonyl (C=O) groups excluding carboxylic acids is 1. The van der Waals surface area contributed by atoms with Gasteiger partial charge < -0.3 is 20.3 Å². The second-order valence-electron chi connectivity index (χ2n) is 4.45. The van der Waals surface area contributed by atoms with Crippen molar-refractivity contribution in [1.29, 1.82) is 0 Å². The Hall–Kier alpha value is -2.08. The van der Waals surface area contributed by atoms with Gasteiger partial charge in [-0.15, -0.1) is 0 Å². The SMILES string of the molecule is COCCCC(NC(=O)c1cccc(O)c1C)C(=O)O. The lowest BCUT2D eigenvalue weighted by Gasteiger charge is -2.15. The van der Waals surface area contributed by atoms with E-state index >= 15 is 0 Å². The third-order valence-corrected chi connectivity index (χ3v) is 2.99. The first-order chi connectivity index (χ1) is 9.47. The smallest absolute Gasteiger partial charge is 0.326 e. The van der Waals surface area contributed by atoms with E-state index in [9.17, 15) is 14.7 Å². The number of hydrogen-bond donors (Lipinski definition) is 3. The Balaban J connectivity index is 2.75. The van der Waals surface area contributed by atoms with Crippen LogP contribution in [0.15, 0.2) is 18.2 Å². The molecule has 1 unspecified atom stereocenters. The summed E-state index contributed by atoms with van der Waals surface area (Å²) in [7, 11) is 1.53. The third kappa shape index (κ3) is 4.24. The summed E-state index contributed by atoms with van der Waals surface area (Å²) in [6.45, 7) is 2.04. The lowest BCUT2D eigenvalue weighted by atomic mass is 10.1. The Morgan fingerprint density at radius 2 is 2.10 bits per heavy atom. The van der Waals surface area contributed by atoms with Crippen molar-refractivity contribution >= 4 is 11.9 Å². The highest BCUT2D eigenvalue weighted by Gasteiger charge is 2.21. The number of aliphatic carboxylic acids is 1. The van der Waals surface area contributed by atoms with Crippen molar-refractivity contribution in [2.24, 2.45) is 0 Å². The summed E-state index contributed by atoms with van der Waals surface area (Å²) < 4.78 is 4.86. The van der Waals surface area contributed by atoms with Gasteiger partial charge in [-0.25, -0.2) is 4.79 Å². The van der Waals surface area contributed by atoms with E-state index in [0.29, 0.717) is 18.6 Å². The van der Waals surface area contributed by atoms with E-state index in [2.05, 4.69) is 5.32 Å². The zero-order valence-electron chi connectivity index (χ0n) is 11.5. The molecule has 110 valence electrons. The van der Waals surface area contributed by atoms with Crippen molar-refractivity contribution in [2.45, 2.75) is 25.8 Å². The fourth-order valence-corrected chi connectivity index (χ4v) is 1.79. The summed E-state index contributed by atoms with van der Waals surface area (Å²) in [6, 6.07) is 3.58. The molecule has 6 nitrogen and oxygen atoms in total. The number of benzene rings is 1. The maximum atomic E-state index is 12.0. The van der Waals surface area contributed by atoms with Gasteiger partial charge in [-0.3, -0.25) is 4.79 Å². The molecule has 0 bridgehead atoms. The van der Waals surface area contributed by atoms with Gasteiger partial charge in [-0.05, 0) is 31.9 Å². The van der Waals surface area contributed by atoms with Gasteiger partial charge >= 0.3 is 5.97 Å². The lowest BCUT2D eigenvalue weighted by molar-refractivity contribution is -0.139. The van der Waals surface area contributed by atoms with Gasteiger partial charge in [0.15, 0.2) is 0 Å². The predicted molar refractivity (Wildman–Crippen MR) is 72.8 cm³/mol. The molecule has 0 aromatic heterocycles. The van der Waals surface area contributed by atoms with Gasteiger partial charge in [0.25, 0.3) is 5.91 Å². The third-order valence-electron chi connectivity index (χ3n) is 2.99. The van der Waals surface area contributed by atoms with Gasteiger partial charge in [0, 0.05) is 24.8 Å². The zero-order valence-corrected chi connectivity index (χ0v) is 11.5. The van der Waals surface area contributed by atoms with Crippen LogP contribution in [-0.2, 0) is 9.53 Å². The number of aromatic hydroxyl groups is 1. The van der Waals surface area contributed by atoms with Crippen LogP contribution in [0.3, 0.4) is 0 Å². The van der Waals surface area contributed by atoms with Crippen molar-refractivity contribution in [2.75, 3.05) is 13.7 Å².